The van der Waals surface area contributed by atoms with Crippen molar-refractivity contribution >= 4 is 28.1 Å². The zero-order valence-electron chi connectivity index (χ0n) is 15.6. The Bertz CT molecular complexity index is 1190. The minimum absolute atomic E-state index is 0.0135. The topological polar surface area (TPSA) is 82.7 Å². The molecular weight excluding hydrogens is 423 g/mol. The van der Waals surface area contributed by atoms with Crippen molar-refractivity contribution in [1.29, 1.82) is 0 Å². The SMILES string of the molecule is C[C@H]1C[C@](O)(C(F)(F)F)[C@@H](Nc2cccc3c(=O)occc23)c2ccc(Cl)c(O)c21. The summed E-state index contributed by atoms with van der Waals surface area (Å²) in [5.74, 6) is -1.11. The number of hydrogen-bond acceptors (Lipinski definition) is 5. The van der Waals surface area contributed by atoms with Gasteiger partial charge in [-0.2, -0.15) is 13.2 Å². The first kappa shape index (κ1) is 20.6. The molecule has 0 spiro atoms. The van der Waals surface area contributed by atoms with Crippen LogP contribution in [0.3, 0.4) is 0 Å². The summed E-state index contributed by atoms with van der Waals surface area (Å²) in [5, 5.41) is 24.6. The fourth-order valence-corrected chi connectivity index (χ4v) is 4.38. The lowest BCUT2D eigenvalue weighted by atomic mass is 9.70. The van der Waals surface area contributed by atoms with Gasteiger partial charge in [0.25, 0.3) is 0 Å². The zero-order valence-corrected chi connectivity index (χ0v) is 16.4. The average Bonchev–Trinajstić information content (AvgIpc) is 2.67. The van der Waals surface area contributed by atoms with Gasteiger partial charge in [0.2, 0.25) is 0 Å². The molecule has 1 aliphatic carbocycles. The largest absolute Gasteiger partial charge is 0.506 e. The summed E-state index contributed by atoms with van der Waals surface area (Å²) in [6, 6.07) is 6.95. The number of phenolic OH excluding ortho intramolecular Hbond substituents is 1. The fraction of sp³-hybridized carbons (Fsp3) is 0.286. The van der Waals surface area contributed by atoms with Crippen LogP contribution in [0.5, 0.6) is 5.75 Å². The quantitative estimate of drug-likeness (QED) is 0.517. The third-order valence-corrected chi connectivity index (χ3v) is 5.93. The van der Waals surface area contributed by atoms with Crippen LogP contribution in [0.2, 0.25) is 5.02 Å². The smallest absolute Gasteiger partial charge is 0.419 e. The average molecular weight is 440 g/mol. The van der Waals surface area contributed by atoms with Crippen LogP contribution in [0.1, 0.15) is 36.4 Å². The van der Waals surface area contributed by atoms with Crippen molar-refractivity contribution in [2.45, 2.75) is 37.1 Å². The highest BCUT2D eigenvalue weighted by Gasteiger charge is 2.62. The van der Waals surface area contributed by atoms with Crippen molar-refractivity contribution in [3.05, 3.63) is 69.2 Å². The Kier molecular flexibility index (Phi) is 4.74. The molecular formula is C21H17ClF3NO4. The van der Waals surface area contributed by atoms with E-state index in [1.54, 1.807) is 0 Å². The molecule has 2 aromatic carbocycles. The van der Waals surface area contributed by atoms with E-state index in [4.69, 9.17) is 16.0 Å². The lowest BCUT2D eigenvalue weighted by Crippen LogP contribution is -2.55. The van der Waals surface area contributed by atoms with Crippen molar-refractivity contribution in [2.75, 3.05) is 5.32 Å². The van der Waals surface area contributed by atoms with Crippen LogP contribution in [-0.4, -0.2) is 22.0 Å². The van der Waals surface area contributed by atoms with E-state index in [1.165, 1.54) is 43.3 Å². The van der Waals surface area contributed by atoms with Crippen molar-refractivity contribution in [1.82, 2.24) is 0 Å². The summed E-state index contributed by atoms with van der Waals surface area (Å²) in [5.41, 5.74) is -3.22. The summed E-state index contributed by atoms with van der Waals surface area (Å²) < 4.78 is 47.0. The molecule has 3 atom stereocenters. The van der Waals surface area contributed by atoms with Gasteiger partial charge in [0, 0.05) is 16.6 Å². The molecule has 3 N–H and O–H groups in total. The molecule has 4 rings (SSSR count). The number of aromatic hydroxyl groups is 1. The first-order valence-electron chi connectivity index (χ1n) is 9.12. The third-order valence-electron chi connectivity index (χ3n) is 5.63. The van der Waals surface area contributed by atoms with Gasteiger partial charge in [-0.3, -0.25) is 0 Å². The van der Waals surface area contributed by atoms with Gasteiger partial charge in [-0.15, -0.1) is 0 Å². The first-order valence-corrected chi connectivity index (χ1v) is 9.50. The number of halogens is 4. The van der Waals surface area contributed by atoms with Gasteiger partial charge in [-0.1, -0.05) is 30.7 Å². The number of phenols is 1. The summed E-state index contributed by atoms with van der Waals surface area (Å²) in [7, 11) is 0. The minimum Gasteiger partial charge on any atom is -0.506 e. The molecule has 3 aromatic rings. The summed E-state index contributed by atoms with van der Waals surface area (Å²) in [4.78, 5) is 12.0. The van der Waals surface area contributed by atoms with Crippen LogP contribution in [0.25, 0.3) is 10.8 Å². The Morgan fingerprint density at radius 2 is 1.93 bits per heavy atom. The Hall–Kier alpha value is -2.71. The van der Waals surface area contributed by atoms with E-state index < -0.39 is 35.8 Å². The van der Waals surface area contributed by atoms with E-state index in [2.05, 4.69) is 5.32 Å². The second kappa shape index (κ2) is 6.92. The summed E-state index contributed by atoms with van der Waals surface area (Å²) >= 11 is 5.98. The highest BCUT2D eigenvalue weighted by molar-refractivity contribution is 6.32. The minimum atomic E-state index is -4.96. The summed E-state index contributed by atoms with van der Waals surface area (Å²) in [6.45, 7) is 1.49. The number of anilines is 1. The van der Waals surface area contributed by atoms with E-state index in [-0.39, 0.29) is 33.0 Å². The van der Waals surface area contributed by atoms with Crippen LogP contribution in [0.4, 0.5) is 18.9 Å². The van der Waals surface area contributed by atoms with Crippen LogP contribution < -0.4 is 10.9 Å². The molecule has 0 amide bonds. The van der Waals surface area contributed by atoms with E-state index in [0.717, 1.165) is 6.26 Å². The molecule has 0 saturated heterocycles. The zero-order chi connectivity index (χ0) is 21.8. The van der Waals surface area contributed by atoms with Crippen LogP contribution in [0.15, 0.2) is 51.9 Å². The lowest BCUT2D eigenvalue weighted by Gasteiger charge is -2.45. The van der Waals surface area contributed by atoms with E-state index in [1.807, 2.05) is 0 Å². The Labute approximate surface area is 173 Å². The van der Waals surface area contributed by atoms with Gasteiger partial charge in [-0.25, -0.2) is 4.79 Å². The number of benzene rings is 2. The molecule has 158 valence electrons. The van der Waals surface area contributed by atoms with Gasteiger partial charge in [0.05, 0.1) is 22.7 Å². The van der Waals surface area contributed by atoms with Crippen LogP contribution in [0, 0.1) is 0 Å². The Morgan fingerprint density at radius 1 is 1.20 bits per heavy atom. The van der Waals surface area contributed by atoms with Gasteiger partial charge in [0.15, 0.2) is 5.60 Å². The highest BCUT2D eigenvalue weighted by atomic mass is 35.5. The number of alkyl halides is 3. The molecule has 0 saturated carbocycles. The number of fused-ring (bicyclic) bond motifs is 2. The number of nitrogens with one attached hydrogen (secondary N) is 1. The van der Waals surface area contributed by atoms with Crippen molar-refractivity contribution in [3.8, 4) is 5.75 Å². The van der Waals surface area contributed by atoms with Gasteiger partial charge in [0.1, 0.15) is 5.75 Å². The van der Waals surface area contributed by atoms with Crippen molar-refractivity contribution in [2.24, 2.45) is 0 Å². The number of aliphatic hydroxyl groups is 1. The maximum Gasteiger partial charge on any atom is 0.419 e. The normalized spacial score (nSPS) is 23.9. The summed E-state index contributed by atoms with van der Waals surface area (Å²) in [6.07, 6.45) is -4.49. The maximum absolute atomic E-state index is 14.1. The van der Waals surface area contributed by atoms with E-state index in [0.29, 0.717) is 5.39 Å². The molecule has 0 radical (unpaired) electrons. The standard InChI is InChI=1S/C21H17ClF3NO4/c1-10-9-20(29,21(23,24)25)18(13-5-6-14(22)17(27)16(10)13)26-15-4-2-3-12-11(15)7-8-30-19(12)28/h2-8,10,18,26-27,29H,9H2,1H3/t10-,18-,20+/m0/s1. The Balaban J connectivity index is 1.94. The maximum atomic E-state index is 14.1. The molecule has 9 heteroatoms. The predicted molar refractivity (Wildman–Crippen MR) is 106 cm³/mol. The van der Waals surface area contributed by atoms with Gasteiger partial charge < -0.3 is 19.9 Å². The molecule has 1 aromatic heterocycles. The molecule has 1 heterocycles. The molecule has 0 unspecified atom stereocenters. The van der Waals surface area contributed by atoms with Gasteiger partial charge in [-0.05, 0) is 42.2 Å². The second-order valence-corrected chi connectivity index (χ2v) is 7.89. The van der Waals surface area contributed by atoms with Crippen molar-refractivity contribution < 1.29 is 27.8 Å². The third kappa shape index (κ3) is 3.02. The van der Waals surface area contributed by atoms with Gasteiger partial charge >= 0.3 is 11.8 Å². The lowest BCUT2D eigenvalue weighted by molar-refractivity contribution is -0.272. The Morgan fingerprint density at radius 3 is 2.63 bits per heavy atom. The van der Waals surface area contributed by atoms with E-state index >= 15 is 0 Å². The second-order valence-electron chi connectivity index (χ2n) is 7.48. The van der Waals surface area contributed by atoms with Crippen LogP contribution in [-0.2, 0) is 0 Å². The van der Waals surface area contributed by atoms with Crippen LogP contribution >= 0.6 is 11.6 Å². The molecule has 30 heavy (non-hydrogen) atoms. The fourth-order valence-electron chi connectivity index (χ4n) is 4.22. The van der Waals surface area contributed by atoms with E-state index in [9.17, 15) is 28.2 Å². The molecule has 0 aliphatic heterocycles. The highest BCUT2D eigenvalue weighted by Crippen LogP contribution is 2.55. The number of rotatable bonds is 2. The predicted octanol–water partition coefficient (Wildman–Crippen LogP) is 5.11. The monoisotopic (exact) mass is 439 g/mol. The number of hydrogen-bond donors (Lipinski definition) is 3. The molecule has 0 bridgehead atoms. The first-order chi connectivity index (χ1) is 14.0. The molecule has 0 fully saturated rings. The molecule has 1 aliphatic rings. The van der Waals surface area contributed by atoms with Crippen molar-refractivity contribution in [3.63, 3.8) is 0 Å². The molecule has 5 nitrogen and oxygen atoms in total.